The third-order valence-corrected chi connectivity index (χ3v) is 4.66. The van der Waals surface area contributed by atoms with Crippen LogP contribution >= 0.6 is 15.9 Å². The maximum atomic E-state index is 11.7. The first-order valence-corrected chi connectivity index (χ1v) is 8.22. The summed E-state index contributed by atoms with van der Waals surface area (Å²) < 4.78 is 1.97. The first-order chi connectivity index (χ1) is 10.5. The second kappa shape index (κ2) is 6.33. The van der Waals surface area contributed by atoms with Crippen molar-refractivity contribution >= 4 is 27.7 Å². The van der Waals surface area contributed by atoms with Crippen molar-refractivity contribution in [1.29, 1.82) is 0 Å². The fourth-order valence-corrected chi connectivity index (χ4v) is 3.13. The van der Waals surface area contributed by atoms with E-state index in [9.17, 15) is 14.9 Å². The maximum absolute atomic E-state index is 11.7. The van der Waals surface area contributed by atoms with Crippen molar-refractivity contribution in [1.82, 2.24) is 20.0 Å². The Morgan fingerprint density at radius 2 is 2.09 bits per heavy atom. The van der Waals surface area contributed by atoms with E-state index in [0.29, 0.717) is 11.1 Å². The molecule has 1 amide bonds. The molecule has 1 saturated heterocycles. The lowest BCUT2D eigenvalue weighted by molar-refractivity contribution is -0.390. The number of piperidine rings is 1. The smallest absolute Gasteiger partial charge is 0.358 e. The largest absolute Gasteiger partial charge is 0.404 e. The van der Waals surface area contributed by atoms with Crippen molar-refractivity contribution in [2.24, 2.45) is 5.92 Å². The van der Waals surface area contributed by atoms with Crippen LogP contribution in [0.25, 0.3) is 0 Å². The minimum absolute atomic E-state index is 0.161. The molecule has 0 atom stereocenters. The summed E-state index contributed by atoms with van der Waals surface area (Å²) in [6, 6.07) is 0.253. The van der Waals surface area contributed by atoms with Gasteiger partial charge in [0, 0.05) is 25.0 Å². The summed E-state index contributed by atoms with van der Waals surface area (Å²) >= 11 is 3.15. The molecule has 0 bridgehead atoms. The molecule has 2 fully saturated rings. The van der Waals surface area contributed by atoms with Gasteiger partial charge in [0.25, 0.3) is 0 Å². The van der Waals surface area contributed by atoms with Crippen LogP contribution in [0.1, 0.15) is 25.7 Å². The van der Waals surface area contributed by atoms with Crippen LogP contribution in [0.3, 0.4) is 0 Å². The summed E-state index contributed by atoms with van der Waals surface area (Å²) in [5.74, 6) is 0.289. The molecule has 3 rings (SSSR count). The average molecular weight is 372 g/mol. The molecule has 120 valence electrons. The first kappa shape index (κ1) is 15.4. The Morgan fingerprint density at radius 1 is 1.41 bits per heavy atom. The lowest BCUT2D eigenvalue weighted by atomic mass is 10.1. The summed E-state index contributed by atoms with van der Waals surface area (Å²) in [5, 5.41) is 17.8. The highest BCUT2D eigenvalue weighted by atomic mass is 79.9. The van der Waals surface area contributed by atoms with Crippen LogP contribution in [-0.2, 0) is 11.5 Å². The van der Waals surface area contributed by atoms with E-state index in [1.807, 2.05) is 0 Å². The Kier molecular flexibility index (Phi) is 4.44. The summed E-state index contributed by atoms with van der Waals surface area (Å²) in [6.07, 6.45) is 5.49. The molecule has 9 heteroatoms. The number of nitro groups is 1. The number of nitrogens with zero attached hydrogens (tertiary/aromatic N) is 4. The first-order valence-electron chi connectivity index (χ1n) is 7.43. The highest BCUT2D eigenvalue weighted by molar-refractivity contribution is 9.10. The van der Waals surface area contributed by atoms with Gasteiger partial charge in [-0.1, -0.05) is 0 Å². The molecule has 0 aromatic carbocycles. The zero-order valence-electron chi connectivity index (χ0n) is 12.1. The second-order valence-corrected chi connectivity index (χ2v) is 6.77. The van der Waals surface area contributed by atoms with Gasteiger partial charge in [0.2, 0.25) is 5.91 Å². The third-order valence-electron chi connectivity index (χ3n) is 4.10. The number of rotatable bonds is 5. The van der Waals surface area contributed by atoms with Gasteiger partial charge in [-0.15, -0.1) is 0 Å². The molecule has 1 N–H and O–H groups in total. The normalized spacial score (nSPS) is 20.0. The number of carbonyl (C=O) groups excluding carboxylic acids is 1. The topological polar surface area (TPSA) is 93.3 Å². The van der Waals surface area contributed by atoms with Gasteiger partial charge in [0.05, 0.1) is 11.3 Å². The van der Waals surface area contributed by atoms with Gasteiger partial charge in [0.1, 0.15) is 11.1 Å². The van der Waals surface area contributed by atoms with E-state index in [-0.39, 0.29) is 23.7 Å². The van der Waals surface area contributed by atoms with Crippen molar-refractivity contribution in [3.63, 3.8) is 0 Å². The van der Waals surface area contributed by atoms with Gasteiger partial charge in [-0.3, -0.25) is 9.69 Å². The SMILES string of the molecule is O=C(NC1CCN(Cn2cc(Br)c([N+](=O)[O-])n2)CC1)C1CC1. The molecule has 0 spiro atoms. The van der Waals surface area contributed by atoms with Crippen LogP contribution in [-0.4, -0.2) is 44.6 Å². The molecular weight excluding hydrogens is 354 g/mol. The Hall–Kier alpha value is -1.48. The molecule has 1 aromatic heterocycles. The van der Waals surface area contributed by atoms with E-state index < -0.39 is 4.92 Å². The lowest BCUT2D eigenvalue weighted by Gasteiger charge is -2.31. The molecule has 2 heterocycles. The molecule has 1 aromatic rings. The number of hydrogen-bond acceptors (Lipinski definition) is 5. The minimum Gasteiger partial charge on any atom is -0.358 e. The quantitative estimate of drug-likeness (QED) is 0.625. The van der Waals surface area contributed by atoms with Crippen molar-refractivity contribution in [3.8, 4) is 0 Å². The number of likely N-dealkylation sites (tertiary alicyclic amines) is 1. The van der Waals surface area contributed by atoms with Crippen LogP contribution in [0.4, 0.5) is 5.82 Å². The fraction of sp³-hybridized carbons (Fsp3) is 0.692. The molecule has 1 aliphatic carbocycles. The van der Waals surface area contributed by atoms with Crippen LogP contribution in [0.5, 0.6) is 0 Å². The van der Waals surface area contributed by atoms with Gasteiger partial charge < -0.3 is 15.4 Å². The van der Waals surface area contributed by atoms with Crippen molar-refractivity contribution in [3.05, 3.63) is 20.8 Å². The molecule has 1 aliphatic heterocycles. The van der Waals surface area contributed by atoms with Crippen molar-refractivity contribution in [2.45, 2.75) is 38.4 Å². The highest BCUT2D eigenvalue weighted by Gasteiger charge is 2.32. The molecule has 2 aliphatic rings. The summed E-state index contributed by atoms with van der Waals surface area (Å²) in [6.45, 7) is 2.22. The van der Waals surface area contributed by atoms with Crippen LogP contribution < -0.4 is 5.32 Å². The van der Waals surface area contributed by atoms with Crippen LogP contribution in [0, 0.1) is 16.0 Å². The predicted molar refractivity (Wildman–Crippen MR) is 82.0 cm³/mol. The summed E-state index contributed by atoms with van der Waals surface area (Å²) in [5.41, 5.74) is 0. The molecule has 8 nitrogen and oxygen atoms in total. The fourth-order valence-electron chi connectivity index (χ4n) is 2.67. The summed E-state index contributed by atoms with van der Waals surface area (Å²) in [4.78, 5) is 24.2. The molecule has 1 saturated carbocycles. The van der Waals surface area contributed by atoms with Gasteiger partial charge >= 0.3 is 5.82 Å². The van der Waals surface area contributed by atoms with E-state index in [0.717, 1.165) is 38.8 Å². The Labute approximate surface area is 136 Å². The van der Waals surface area contributed by atoms with Gasteiger partial charge in [0.15, 0.2) is 0 Å². The van der Waals surface area contributed by atoms with E-state index in [1.54, 1.807) is 10.9 Å². The van der Waals surface area contributed by atoms with Crippen molar-refractivity contribution in [2.75, 3.05) is 13.1 Å². The molecular formula is C13H18BrN5O3. The maximum Gasteiger partial charge on any atom is 0.404 e. The highest BCUT2D eigenvalue weighted by Crippen LogP contribution is 2.29. The van der Waals surface area contributed by atoms with Gasteiger partial charge in [-0.25, -0.2) is 0 Å². The predicted octanol–water partition coefficient (Wildman–Crippen LogP) is 1.50. The van der Waals surface area contributed by atoms with E-state index in [4.69, 9.17) is 0 Å². The number of hydrogen-bond donors (Lipinski definition) is 1. The number of carbonyl (C=O) groups is 1. The number of amides is 1. The van der Waals surface area contributed by atoms with Crippen LogP contribution in [0.15, 0.2) is 10.7 Å². The summed E-state index contributed by atoms with van der Waals surface area (Å²) in [7, 11) is 0. The number of aromatic nitrogens is 2. The monoisotopic (exact) mass is 371 g/mol. The average Bonchev–Trinajstić information content (AvgIpc) is 3.25. The Bertz CT molecular complexity index is 578. The second-order valence-electron chi connectivity index (χ2n) is 5.91. The zero-order valence-corrected chi connectivity index (χ0v) is 13.7. The number of nitrogens with one attached hydrogen (secondary N) is 1. The Morgan fingerprint density at radius 3 is 2.64 bits per heavy atom. The standard InChI is InChI=1S/C13H18BrN5O3/c14-11-7-18(16-12(11)19(21)22)8-17-5-3-10(4-6-17)15-13(20)9-1-2-9/h7,9-10H,1-6,8H2,(H,15,20). The molecule has 0 radical (unpaired) electrons. The van der Waals surface area contributed by atoms with E-state index in [2.05, 4.69) is 31.2 Å². The van der Waals surface area contributed by atoms with Gasteiger partial charge in [-0.05, 0) is 46.5 Å². The minimum atomic E-state index is -0.500. The zero-order chi connectivity index (χ0) is 15.7. The lowest BCUT2D eigenvalue weighted by Crippen LogP contribution is -2.45. The van der Waals surface area contributed by atoms with Crippen LogP contribution in [0.2, 0.25) is 0 Å². The van der Waals surface area contributed by atoms with Gasteiger partial charge in [-0.2, -0.15) is 4.68 Å². The molecule has 22 heavy (non-hydrogen) atoms. The van der Waals surface area contributed by atoms with E-state index in [1.165, 1.54) is 0 Å². The Balaban J connectivity index is 1.48. The molecule has 0 unspecified atom stereocenters. The van der Waals surface area contributed by atoms with Crippen molar-refractivity contribution < 1.29 is 9.72 Å². The number of halogens is 1. The van der Waals surface area contributed by atoms with E-state index >= 15 is 0 Å². The third kappa shape index (κ3) is 3.64.